The smallest absolute Gasteiger partial charge is 2.00 e. The molecule has 0 aliphatic heterocycles. The summed E-state index contributed by atoms with van der Waals surface area (Å²) in [5, 5.41) is 0. The van der Waals surface area contributed by atoms with Gasteiger partial charge in [0.15, 0.2) is 0 Å². The third-order valence-corrected chi connectivity index (χ3v) is 0. The Morgan fingerprint density at radius 1 is 1.25 bits per heavy atom. The van der Waals surface area contributed by atoms with Crippen molar-refractivity contribution in [3.05, 3.63) is 0 Å². The molecule has 0 radical (unpaired) electrons. The van der Waals surface area contributed by atoms with Crippen molar-refractivity contribution < 1.29 is 25.4 Å². The molecular weight excluding hydrogens is 136 g/mol. The molecule has 0 unspecified atom stereocenters. The topological polar surface area (TPSA) is 28.5 Å². The maximum Gasteiger partial charge on any atom is 2.00 e. The van der Waals surface area contributed by atoms with Crippen LogP contribution in [0.4, 0.5) is 0 Å². The van der Waals surface area contributed by atoms with E-state index in [0.717, 1.165) is 0 Å². The molecule has 0 aliphatic carbocycles. The zero-order valence-electron chi connectivity index (χ0n) is 4.18. The number of hydrogen-bond donors (Lipinski definition) is 0. The quantitative estimate of drug-likeness (QED) is 0.398. The van der Waals surface area contributed by atoms with Crippen molar-refractivity contribution in [2.45, 2.75) is 0 Å². The van der Waals surface area contributed by atoms with Crippen molar-refractivity contribution in [2.24, 2.45) is 0 Å². The molecule has 0 aromatic rings. The van der Waals surface area contributed by atoms with Crippen LogP contribution in [-0.4, -0.2) is 60.8 Å². The van der Waals surface area contributed by atoms with Crippen LogP contribution in [0.1, 0.15) is 2.85 Å². The minimum Gasteiger partial charge on any atom is -2.00 e. The monoisotopic (exact) mass is 138 g/mol. The van der Waals surface area contributed by atoms with Gasteiger partial charge in [-0.3, -0.25) is 0 Å². The predicted molar refractivity (Wildman–Crippen MR) is 14.4 cm³/mol. The second kappa shape index (κ2) is 17.8. The minimum atomic E-state index is 0. The van der Waals surface area contributed by atoms with Gasteiger partial charge in [0.2, 0.25) is 0 Å². The summed E-state index contributed by atoms with van der Waals surface area (Å²) >= 11 is 0. The van der Waals surface area contributed by atoms with Gasteiger partial charge >= 0.3 is 60.8 Å². The van der Waals surface area contributed by atoms with Crippen molar-refractivity contribution in [2.75, 3.05) is 0 Å². The van der Waals surface area contributed by atoms with E-state index < -0.39 is 0 Å². The molecule has 0 bridgehead atoms. The molecule has 20 valence electrons. The molecule has 0 rings (SSSR count). The van der Waals surface area contributed by atoms with Gasteiger partial charge in [-0.1, -0.05) is 0 Å². The molecule has 0 atom stereocenters. The van der Waals surface area contributed by atoms with Gasteiger partial charge in [0, 0.05) is 17.1 Å². The molecule has 0 heterocycles. The normalized spacial score (nSPS) is 0. The van der Waals surface area contributed by atoms with Crippen LogP contribution in [0, 0.1) is 0 Å². The van der Waals surface area contributed by atoms with E-state index in [1.807, 2.05) is 0 Å². The van der Waals surface area contributed by atoms with Crippen molar-refractivity contribution in [1.29, 1.82) is 0 Å². The van der Waals surface area contributed by atoms with Gasteiger partial charge in [-0.25, -0.2) is 0 Å². The van der Waals surface area contributed by atoms with Gasteiger partial charge in [-0.2, -0.15) is 0 Å². The standard InChI is InChI=1S/Ca.Fe.Mg.O.2H/q+2;;+2;-2;2*-1. The Labute approximate surface area is 84.8 Å². The fourth-order valence-corrected chi connectivity index (χ4v) is 0. The zero-order chi connectivity index (χ0) is 0. The van der Waals surface area contributed by atoms with Crippen LogP contribution in [0.2, 0.25) is 0 Å². The van der Waals surface area contributed by atoms with Gasteiger partial charge in [0.05, 0.1) is 0 Å². The molecule has 0 saturated carbocycles. The molecule has 0 spiro atoms. The van der Waals surface area contributed by atoms with Crippen molar-refractivity contribution in [3.8, 4) is 0 Å². The molecule has 0 fully saturated rings. The Hall–Kier alpha value is 2.51. The van der Waals surface area contributed by atoms with Crippen LogP contribution >= 0.6 is 0 Å². The predicted octanol–water partition coefficient (Wildman–Crippen LogP) is -0.658. The molecule has 0 N–H and O–H groups in total. The van der Waals surface area contributed by atoms with Gasteiger partial charge in [-0.05, 0) is 0 Å². The van der Waals surface area contributed by atoms with E-state index in [0.29, 0.717) is 0 Å². The average molecular weight is 138 g/mol. The van der Waals surface area contributed by atoms with Gasteiger partial charge in [-0.15, -0.1) is 0 Å². The second-order valence-corrected chi connectivity index (χ2v) is 0. The largest absolute Gasteiger partial charge is 2.00 e. The Morgan fingerprint density at radius 2 is 1.25 bits per heavy atom. The van der Waals surface area contributed by atoms with Crippen LogP contribution in [0.3, 0.4) is 0 Å². The first kappa shape index (κ1) is 31.4. The number of hydrogen-bond acceptors (Lipinski definition) is 0. The van der Waals surface area contributed by atoms with Crippen LogP contribution in [0.15, 0.2) is 0 Å². The first-order valence-electron chi connectivity index (χ1n) is 0. The van der Waals surface area contributed by atoms with Crippen LogP contribution in [0.5, 0.6) is 0 Å². The Morgan fingerprint density at radius 3 is 1.25 bits per heavy atom. The van der Waals surface area contributed by atoms with Crippen LogP contribution < -0.4 is 0 Å². The van der Waals surface area contributed by atoms with E-state index in [2.05, 4.69) is 0 Å². The summed E-state index contributed by atoms with van der Waals surface area (Å²) in [7, 11) is 0. The summed E-state index contributed by atoms with van der Waals surface area (Å²) in [6.07, 6.45) is 0. The maximum atomic E-state index is 0. The van der Waals surface area contributed by atoms with Gasteiger partial charge < -0.3 is 8.33 Å². The molecule has 1 nitrogen and oxygen atoms in total. The van der Waals surface area contributed by atoms with E-state index in [9.17, 15) is 0 Å². The van der Waals surface area contributed by atoms with Crippen LogP contribution in [-0.2, 0) is 22.5 Å². The third-order valence-electron chi connectivity index (χ3n) is 0. The second-order valence-electron chi connectivity index (χ2n) is 0. The van der Waals surface area contributed by atoms with Gasteiger partial charge in [0.1, 0.15) is 0 Å². The van der Waals surface area contributed by atoms with E-state index in [1.54, 1.807) is 0 Å². The van der Waals surface area contributed by atoms with E-state index >= 15 is 0 Å². The summed E-state index contributed by atoms with van der Waals surface area (Å²) in [5.74, 6) is 0. The average Bonchev–Trinajstić information content (AvgIpc) is 0. The summed E-state index contributed by atoms with van der Waals surface area (Å²) in [6, 6.07) is 0. The fraction of sp³-hybridized carbons (Fsp3) is 0. The van der Waals surface area contributed by atoms with E-state index in [-0.39, 0.29) is 86.2 Å². The molecular formula is H2CaFeMgO. The molecule has 0 aromatic carbocycles. The first-order valence-corrected chi connectivity index (χ1v) is 0. The maximum absolute atomic E-state index is 0. The first-order chi connectivity index (χ1) is 0. The molecule has 0 aromatic heterocycles. The zero-order valence-corrected chi connectivity index (χ0v) is 6.90. The summed E-state index contributed by atoms with van der Waals surface area (Å²) < 4.78 is 0. The minimum absolute atomic E-state index is 0. The van der Waals surface area contributed by atoms with E-state index in [4.69, 9.17) is 0 Å². The van der Waals surface area contributed by atoms with Crippen molar-refractivity contribution >= 4 is 60.8 Å². The molecule has 0 amide bonds. The van der Waals surface area contributed by atoms with E-state index in [1.165, 1.54) is 0 Å². The Kier molecular flexibility index (Phi) is 140. The fourth-order valence-electron chi connectivity index (χ4n) is 0. The van der Waals surface area contributed by atoms with Gasteiger partial charge in [0.25, 0.3) is 0 Å². The molecule has 4 heavy (non-hydrogen) atoms. The molecule has 4 heteroatoms. The number of rotatable bonds is 0. The van der Waals surface area contributed by atoms with Crippen molar-refractivity contribution in [3.63, 3.8) is 0 Å². The summed E-state index contributed by atoms with van der Waals surface area (Å²) in [4.78, 5) is 0. The Balaban J connectivity index is 0. The summed E-state index contributed by atoms with van der Waals surface area (Å²) in [5.41, 5.74) is 0. The molecule has 0 saturated heterocycles. The Bertz CT molecular complexity index is 13.5. The summed E-state index contributed by atoms with van der Waals surface area (Å²) in [6.45, 7) is 0. The third kappa shape index (κ3) is 8.82. The molecule has 0 aliphatic rings. The van der Waals surface area contributed by atoms with Crippen LogP contribution in [0.25, 0.3) is 0 Å². The van der Waals surface area contributed by atoms with Crippen molar-refractivity contribution in [1.82, 2.24) is 0 Å². The SMILES string of the molecule is [Ca+2].[Fe].[H-].[H-].[Mg+2].[O-2].